The number of amides is 1. The number of likely N-dealkylation sites (tertiary alicyclic amines) is 1. The minimum atomic E-state index is -0.651. The van der Waals surface area contributed by atoms with Crippen LogP contribution in [0.25, 0.3) is 0 Å². The van der Waals surface area contributed by atoms with Crippen molar-refractivity contribution in [1.29, 1.82) is 0 Å². The van der Waals surface area contributed by atoms with Gasteiger partial charge in [-0.25, -0.2) is 8.78 Å². The van der Waals surface area contributed by atoms with Crippen LogP contribution in [0.5, 0.6) is 0 Å². The predicted octanol–water partition coefficient (Wildman–Crippen LogP) is 1.97. The zero-order valence-corrected chi connectivity index (χ0v) is 11.7. The number of rotatable bonds is 4. The molecule has 1 N–H and O–H groups in total. The van der Waals surface area contributed by atoms with Crippen molar-refractivity contribution in [3.63, 3.8) is 0 Å². The predicted molar refractivity (Wildman–Crippen MR) is 73.3 cm³/mol. The lowest BCUT2D eigenvalue weighted by molar-refractivity contribution is -0.132. The highest BCUT2D eigenvalue weighted by atomic mass is 19.1. The first-order chi connectivity index (χ1) is 9.60. The van der Waals surface area contributed by atoms with E-state index < -0.39 is 11.6 Å². The van der Waals surface area contributed by atoms with E-state index in [9.17, 15) is 13.6 Å². The molecule has 1 fully saturated rings. The van der Waals surface area contributed by atoms with Gasteiger partial charge >= 0.3 is 0 Å². The summed E-state index contributed by atoms with van der Waals surface area (Å²) in [5.41, 5.74) is 0.257. The molecule has 1 saturated heterocycles. The summed E-state index contributed by atoms with van der Waals surface area (Å²) in [5.74, 6) is -0.903. The lowest BCUT2D eigenvalue weighted by Crippen LogP contribution is -2.43. The topological polar surface area (TPSA) is 32.3 Å². The van der Waals surface area contributed by atoms with Crippen molar-refractivity contribution in [1.82, 2.24) is 10.2 Å². The van der Waals surface area contributed by atoms with E-state index in [4.69, 9.17) is 0 Å². The SMILES string of the molecule is CNC[C@@H]1CCCN(C(=O)Cc2ccc(F)cc2F)C1. The van der Waals surface area contributed by atoms with Crippen LogP contribution in [0, 0.1) is 17.6 Å². The average molecular weight is 282 g/mol. The maximum Gasteiger partial charge on any atom is 0.227 e. The molecule has 1 aliphatic rings. The largest absolute Gasteiger partial charge is 0.342 e. The quantitative estimate of drug-likeness (QED) is 0.915. The molecule has 0 aromatic heterocycles. The van der Waals surface area contributed by atoms with Gasteiger partial charge in [0.05, 0.1) is 6.42 Å². The van der Waals surface area contributed by atoms with Gasteiger partial charge in [-0.3, -0.25) is 4.79 Å². The molecule has 1 aromatic rings. The van der Waals surface area contributed by atoms with Crippen molar-refractivity contribution < 1.29 is 13.6 Å². The number of hydrogen-bond acceptors (Lipinski definition) is 2. The van der Waals surface area contributed by atoms with Gasteiger partial charge in [-0.2, -0.15) is 0 Å². The van der Waals surface area contributed by atoms with Crippen LogP contribution in [-0.2, 0) is 11.2 Å². The fourth-order valence-electron chi connectivity index (χ4n) is 2.69. The number of carbonyl (C=O) groups is 1. The van der Waals surface area contributed by atoms with Crippen molar-refractivity contribution in [3.8, 4) is 0 Å². The van der Waals surface area contributed by atoms with Gasteiger partial charge in [-0.15, -0.1) is 0 Å². The van der Waals surface area contributed by atoms with Gasteiger partial charge < -0.3 is 10.2 Å². The molecule has 1 atom stereocenters. The normalized spacial score (nSPS) is 19.1. The first-order valence-corrected chi connectivity index (χ1v) is 6.96. The first kappa shape index (κ1) is 14.9. The first-order valence-electron chi connectivity index (χ1n) is 6.96. The van der Waals surface area contributed by atoms with E-state index in [1.54, 1.807) is 4.90 Å². The van der Waals surface area contributed by atoms with Gasteiger partial charge in [0.1, 0.15) is 11.6 Å². The van der Waals surface area contributed by atoms with E-state index in [1.807, 2.05) is 7.05 Å². The van der Waals surface area contributed by atoms with E-state index >= 15 is 0 Å². The van der Waals surface area contributed by atoms with Crippen molar-refractivity contribution >= 4 is 5.91 Å². The number of hydrogen-bond donors (Lipinski definition) is 1. The monoisotopic (exact) mass is 282 g/mol. The summed E-state index contributed by atoms with van der Waals surface area (Å²) in [5, 5.41) is 3.12. The Balaban J connectivity index is 1.97. The molecule has 1 heterocycles. The molecule has 0 bridgehead atoms. The summed E-state index contributed by atoms with van der Waals surface area (Å²) in [4.78, 5) is 14.0. The molecule has 2 rings (SSSR count). The van der Waals surface area contributed by atoms with Crippen molar-refractivity contribution in [2.45, 2.75) is 19.3 Å². The lowest BCUT2D eigenvalue weighted by atomic mass is 9.97. The third-order valence-corrected chi connectivity index (χ3v) is 3.72. The molecule has 110 valence electrons. The number of piperidine rings is 1. The summed E-state index contributed by atoms with van der Waals surface area (Å²) in [6.45, 7) is 2.32. The van der Waals surface area contributed by atoms with Crippen LogP contribution in [0.3, 0.4) is 0 Å². The average Bonchev–Trinajstić information content (AvgIpc) is 2.42. The zero-order chi connectivity index (χ0) is 14.5. The molecule has 3 nitrogen and oxygen atoms in total. The standard InChI is InChI=1S/C15H20F2N2O/c1-18-9-11-3-2-6-19(10-11)15(20)7-12-4-5-13(16)8-14(12)17/h4-5,8,11,18H,2-3,6-7,9-10H2,1H3/t11-/m0/s1. The Kier molecular flexibility index (Phi) is 5.06. The molecule has 0 radical (unpaired) electrons. The molecule has 1 aromatic carbocycles. The molecule has 0 unspecified atom stereocenters. The minimum absolute atomic E-state index is 0.00160. The van der Waals surface area contributed by atoms with Crippen LogP contribution in [0.4, 0.5) is 8.78 Å². The van der Waals surface area contributed by atoms with Crippen LogP contribution < -0.4 is 5.32 Å². The van der Waals surface area contributed by atoms with Crippen LogP contribution >= 0.6 is 0 Å². The van der Waals surface area contributed by atoms with Crippen LogP contribution in [0.15, 0.2) is 18.2 Å². The van der Waals surface area contributed by atoms with Gasteiger partial charge in [0.25, 0.3) is 0 Å². The summed E-state index contributed by atoms with van der Waals surface area (Å²) >= 11 is 0. The van der Waals surface area contributed by atoms with E-state index in [-0.39, 0.29) is 17.9 Å². The second-order valence-electron chi connectivity index (χ2n) is 5.32. The summed E-state index contributed by atoms with van der Waals surface area (Å²) in [6, 6.07) is 3.35. The van der Waals surface area contributed by atoms with Gasteiger partial charge in [-0.05, 0) is 44.0 Å². The van der Waals surface area contributed by atoms with Crippen LogP contribution in [0.1, 0.15) is 18.4 Å². The fraction of sp³-hybridized carbons (Fsp3) is 0.533. The second-order valence-corrected chi connectivity index (χ2v) is 5.32. The summed E-state index contributed by atoms with van der Waals surface area (Å²) in [6.07, 6.45) is 2.08. The number of carbonyl (C=O) groups excluding carboxylic acids is 1. The molecule has 0 spiro atoms. The van der Waals surface area contributed by atoms with Gasteiger partial charge in [0, 0.05) is 19.2 Å². The maximum absolute atomic E-state index is 13.6. The van der Waals surface area contributed by atoms with Gasteiger partial charge in [0.2, 0.25) is 5.91 Å². The Morgan fingerprint density at radius 3 is 2.95 bits per heavy atom. The highest BCUT2D eigenvalue weighted by molar-refractivity contribution is 5.78. The molecular formula is C15H20F2N2O. The Bertz CT molecular complexity index is 477. The second kappa shape index (κ2) is 6.79. The number of halogens is 2. The third kappa shape index (κ3) is 3.76. The minimum Gasteiger partial charge on any atom is -0.342 e. The lowest BCUT2D eigenvalue weighted by Gasteiger charge is -2.32. The molecule has 20 heavy (non-hydrogen) atoms. The maximum atomic E-state index is 13.6. The van der Waals surface area contributed by atoms with E-state index in [2.05, 4.69) is 5.32 Å². The smallest absolute Gasteiger partial charge is 0.227 e. The summed E-state index contributed by atoms with van der Waals surface area (Å²) < 4.78 is 26.4. The molecule has 1 aliphatic heterocycles. The van der Waals surface area contributed by atoms with Crippen molar-refractivity contribution in [2.24, 2.45) is 5.92 Å². The van der Waals surface area contributed by atoms with Crippen molar-refractivity contribution in [2.75, 3.05) is 26.7 Å². The fourth-order valence-corrected chi connectivity index (χ4v) is 2.69. The third-order valence-electron chi connectivity index (χ3n) is 3.72. The zero-order valence-electron chi connectivity index (χ0n) is 11.7. The van der Waals surface area contributed by atoms with Crippen molar-refractivity contribution in [3.05, 3.63) is 35.4 Å². The van der Waals surface area contributed by atoms with Crippen LogP contribution in [-0.4, -0.2) is 37.5 Å². The highest BCUT2D eigenvalue weighted by Gasteiger charge is 2.23. The van der Waals surface area contributed by atoms with Crippen LogP contribution in [0.2, 0.25) is 0 Å². The molecule has 1 amide bonds. The Hall–Kier alpha value is -1.49. The Labute approximate surface area is 118 Å². The van der Waals surface area contributed by atoms with E-state index in [1.165, 1.54) is 12.1 Å². The molecular weight excluding hydrogens is 262 g/mol. The summed E-state index contributed by atoms with van der Waals surface area (Å²) in [7, 11) is 1.90. The van der Waals surface area contributed by atoms with Gasteiger partial charge in [0.15, 0.2) is 0 Å². The van der Waals surface area contributed by atoms with E-state index in [0.717, 1.165) is 32.0 Å². The Morgan fingerprint density at radius 2 is 2.25 bits per heavy atom. The number of nitrogens with one attached hydrogen (secondary N) is 1. The van der Waals surface area contributed by atoms with E-state index in [0.29, 0.717) is 12.5 Å². The molecule has 0 aliphatic carbocycles. The highest BCUT2D eigenvalue weighted by Crippen LogP contribution is 2.18. The molecule has 5 heteroatoms. The number of benzene rings is 1. The van der Waals surface area contributed by atoms with Gasteiger partial charge in [-0.1, -0.05) is 6.07 Å². The number of nitrogens with zero attached hydrogens (tertiary/aromatic N) is 1. The Morgan fingerprint density at radius 1 is 1.45 bits per heavy atom. The molecule has 0 saturated carbocycles.